The zero-order valence-corrected chi connectivity index (χ0v) is 7.74. The van der Waals surface area contributed by atoms with Crippen molar-refractivity contribution in [2.24, 2.45) is 0 Å². The van der Waals surface area contributed by atoms with Crippen molar-refractivity contribution in [1.29, 1.82) is 0 Å². The number of allylic oxidation sites excluding steroid dienone is 3. The van der Waals surface area contributed by atoms with Gasteiger partial charge in [0.1, 0.15) is 5.76 Å². The van der Waals surface area contributed by atoms with E-state index in [-0.39, 0.29) is 0 Å². The van der Waals surface area contributed by atoms with Gasteiger partial charge in [0.2, 0.25) is 0 Å². The molecule has 0 amide bonds. The van der Waals surface area contributed by atoms with Crippen molar-refractivity contribution in [2.45, 2.75) is 13.8 Å². The molecule has 0 heterocycles. The van der Waals surface area contributed by atoms with E-state index in [4.69, 9.17) is 16.3 Å². The highest BCUT2D eigenvalue weighted by Crippen LogP contribution is 2.12. The lowest BCUT2D eigenvalue weighted by Crippen LogP contribution is -1.92. The van der Waals surface area contributed by atoms with E-state index in [1.165, 1.54) is 0 Å². The van der Waals surface area contributed by atoms with Crippen molar-refractivity contribution in [3.8, 4) is 0 Å². The topological polar surface area (TPSA) is 9.23 Å². The molecule has 0 saturated heterocycles. The molecule has 11 heavy (non-hydrogen) atoms. The monoisotopic (exact) mass is 172 g/mol. The van der Waals surface area contributed by atoms with Crippen molar-refractivity contribution >= 4 is 11.6 Å². The van der Waals surface area contributed by atoms with Crippen LogP contribution in [0.4, 0.5) is 0 Å². The first kappa shape index (κ1) is 10.3. The Morgan fingerprint density at radius 1 is 1.55 bits per heavy atom. The molecule has 2 heteroatoms. The van der Waals surface area contributed by atoms with Crippen molar-refractivity contribution in [3.05, 3.63) is 35.6 Å². The predicted molar refractivity (Wildman–Crippen MR) is 49.5 cm³/mol. The van der Waals surface area contributed by atoms with E-state index in [0.717, 1.165) is 5.57 Å². The Balaban J connectivity index is 4.32. The van der Waals surface area contributed by atoms with E-state index in [1.54, 1.807) is 6.08 Å². The Bertz CT molecular complexity index is 192. The molecule has 62 valence electrons. The summed E-state index contributed by atoms with van der Waals surface area (Å²) in [6.45, 7) is 11.6. The van der Waals surface area contributed by atoms with Crippen LogP contribution in [0.1, 0.15) is 13.8 Å². The highest BCUT2D eigenvalue weighted by atomic mass is 35.5. The van der Waals surface area contributed by atoms with Gasteiger partial charge >= 0.3 is 0 Å². The molecule has 0 aromatic rings. The molecule has 0 fully saturated rings. The summed E-state index contributed by atoms with van der Waals surface area (Å²) in [6.07, 6.45) is 1.66. The summed E-state index contributed by atoms with van der Waals surface area (Å²) in [5.41, 5.74) is 0.855. The lowest BCUT2D eigenvalue weighted by atomic mass is 10.2. The van der Waals surface area contributed by atoms with Gasteiger partial charge in [-0.05, 0) is 25.5 Å². The first-order chi connectivity index (χ1) is 5.07. The maximum absolute atomic E-state index is 5.56. The highest BCUT2D eigenvalue weighted by Gasteiger charge is 1.97. The average Bonchev–Trinajstić information content (AvgIpc) is 1.86. The van der Waals surface area contributed by atoms with Crippen molar-refractivity contribution in [3.63, 3.8) is 0 Å². The molecule has 0 bridgehead atoms. The van der Waals surface area contributed by atoms with Crippen LogP contribution in [0.2, 0.25) is 0 Å². The van der Waals surface area contributed by atoms with Gasteiger partial charge in [0.25, 0.3) is 0 Å². The Morgan fingerprint density at radius 2 is 2.09 bits per heavy atom. The smallest absolute Gasteiger partial charge is 0.123 e. The Morgan fingerprint density at radius 3 is 2.36 bits per heavy atom. The molecule has 0 rings (SSSR count). The second-order valence-electron chi connectivity index (χ2n) is 2.17. The van der Waals surface area contributed by atoms with Gasteiger partial charge in [-0.2, -0.15) is 0 Å². The fourth-order valence-electron chi connectivity index (χ4n) is 0.586. The molecule has 0 atom stereocenters. The maximum Gasteiger partial charge on any atom is 0.123 e. The maximum atomic E-state index is 5.56. The predicted octanol–water partition coefficient (Wildman–Crippen LogP) is 3.24. The van der Waals surface area contributed by atoms with E-state index in [0.29, 0.717) is 17.4 Å². The lowest BCUT2D eigenvalue weighted by Gasteiger charge is -2.06. The minimum atomic E-state index is 0.455. The van der Waals surface area contributed by atoms with Crippen LogP contribution in [0.25, 0.3) is 0 Å². The van der Waals surface area contributed by atoms with Crippen LogP contribution in [0, 0.1) is 0 Å². The number of rotatable bonds is 4. The van der Waals surface area contributed by atoms with Crippen LogP contribution < -0.4 is 0 Å². The van der Waals surface area contributed by atoms with Gasteiger partial charge in [-0.1, -0.05) is 24.8 Å². The minimum absolute atomic E-state index is 0.455. The summed E-state index contributed by atoms with van der Waals surface area (Å²) in [5.74, 6) is 0.701. The summed E-state index contributed by atoms with van der Waals surface area (Å²) in [7, 11) is 0. The molecular formula is C9H13ClO. The number of ether oxygens (including phenoxy) is 1. The fraction of sp³-hybridized carbons (Fsp3) is 0.333. The van der Waals surface area contributed by atoms with Crippen molar-refractivity contribution in [1.82, 2.24) is 0 Å². The first-order valence-corrected chi connectivity index (χ1v) is 3.80. The van der Waals surface area contributed by atoms with Gasteiger partial charge in [-0.25, -0.2) is 0 Å². The summed E-state index contributed by atoms with van der Waals surface area (Å²) < 4.78 is 5.23. The summed E-state index contributed by atoms with van der Waals surface area (Å²) >= 11 is 5.56. The zero-order chi connectivity index (χ0) is 8.85. The van der Waals surface area contributed by atoms with Crippen LogP contribution in [0.3, 0.4) is 0 Å². The number of hydrogen-bond donors (Lipinski definition) is 0. The number of hydrogen-bond acceptors (Lipinski definition) is 1. The SMILES string of the molecule is C=C(Cl)/C=C(/OCC)C(=C)C. The molecular weight excluding hydrogens is 160 g/mol. The Kier molecular flexibility index (Phi) is 4.71. The first-order valence-electron chi connectivity index (χ1n) is 3.42. The molecule has 0 aromatic heterocycles. The summed E-state index contributed by atoms with van der Waals surface area (Å²) in [6, 6.07) is 0. The number of halogens is 1. The fourth-order valence-corrected chi connectivity index (χ4v) is 0.685. The van der Waals surface area contributed by atoms with Crippen molar-refractivity contribution in [2.75, 3.05) is 6.61 Å². The van der Waals surface area contributed by atoms with Gasteiger partial charge in [0.15, 0.2) is 0 Å². The minimum Gasteiger partial charge on any atom is -0.494 e. The standard InChI is InChI=1S/C9H13ClO/c1-5-11-9(7(2)3)6-8(4)10/h6H,2,4-5H2,1,3H3/b9-6+. The normalized spacial score (nSPS) is 11.0. The van der Waals surface area contributed by atoms with Crippen LogP contribution in [-0.2, 0) is 4.74 Å². The zero-order valence-electron chi connectivity index (χ0n) is 6.98. The molecule has 0 aliphatic rings. The van der Waals surface area contributed by atoms with Gasteiger partial charge in [0.05, 0.1) is 6.61 Å². The van der Waals surface area contributed by atoms with Gasteiger partial charge in [0, 0.05) is 5.03 Å². The molecule has 0 spiro atoms. The molecule has 0 aliphatic carbocycles. The van der Waals surface area contributed by atoms with Gasteiger partial charge < -0.3 is 4.74 Å². The van der Waals surface area contributed by atoms with Crippen LogP contribution in [0.5, 0.6) is 0 Å². The molecule has 0 unspecified atom stereocenters. The van der Waals surface area contributed by atoms with Gasteiger partial charge in [-0.3, -0.25) is 0 Å². The third-order valence-corrected chi connectivity index (χ3v) is 1.12. The molecule has 0 N–H and O–H groups in total. The molecule has 0 aromatic carbocycles. The summed E-state index contributed by atoms with van der Waals surface area (Å²) in [5, 5.41) is 0.455. The van der Waals surface area contributed by atoms with E-state index in [1.807, 2.05) is 13.8 Å². The van der Waals surface area contributed by atoms with E-state index in [9.17, 15) is 0 Å². The Labute approximate surface area is 73.0 Å². The van der Waals surface area contributed by atoms with Gasteiger partial charge in [-0.15, -0.1) is 0 Å². The third-order valence-electron chi connectivity index (χ3n) is 1.01. The van der Waals surface area contributed by atoms with Crippen LogP contribution in [0.15, 0.2) is 35.6 Å². The molecule has 1 nitrogen and oxygen atoms in total. The Hall–Kier alpha value is -0.690. The molecule has 0 radical (unpaired) electrons. The third kappa shape index (κ3) is 4.68. The second-order valence-corrected chi connectivity index (χ2v) is 2.65. The average molecular weight is 173 g/mol. The largest absolute Gasteiger partial charge is 0.494 e. The summed E-state index contributed by atoms with van der Waals surface area (Å²) in [4.78, 5) is 0. The van der Waals surface area contributed by atoms with E-state index < -0.39 is 0 Å². The van der Waals surface area contributed by atoms with E-state index >= 15 is 0 Å². The second kappa shape index (κ2) is 5.03. The molecule has 0 aliphatic heterocycles. The van der Waals surface area contributed by atoms with Crippen molar-refractivity contribution < 1.29 is 4.74 Å². The molecule has 0 saturated carbocycles. The van der Waals surface area contributed by atoms with Crippen LogP contribution >= 0.6 is 11.6 Å². The lowest BCUT2D eigenvalue weighted by molar-refractivity contribution is 0.238. The van der Waals surface area contributed by atoms with Crippen LogP contribution in [-0.4, -0.2) is 6.61 Å². The van der Waals surface area contributed by atoms with E-state index in [2.05, 4.69) is 13.2 Å². The highest BCUT2D eigenvalue weighted by molar-refractivity contribution is 6.30. The quantitative estimate of drug-likeness (QED) is 0.467.